The first kappa shape index (κ1) is 21.3. The van der Waals surface area contributed by atoms with Crippen molar-refractivity contribution in [1.82, 2.24) is 15.1 Å². The molecule has 6 nitrogen and oxygen atoms in total. The van der Waals surface area contributed by atoms with E-state index in [1.54, 1.807) is 29.1 Å². The van der Waals surface area contributed by atoms with Crippen LogP contribution >= 0.6 is 11.6 Å². The van der Waals surface area contributed by atoms with Gasteiger partial charge >= 0.3 is 0 Å². The number of nitrogens with one attached hydrogen (secondary N) is 2. The van der Waals surface area contributed by atoms with Crippen LogP contribution in [0.15, 0.2) is 85.1 Å². The predicted octanol–water partition coefficient (Wildman–Crippen LogP) is 4.87. The molecule has 0 bridgehead atoms. The number of hydrogen-bond donors (Lipinski definition) is 2. The third-order valence-corrected chi connectivity index (χ3v) is 5.39. The molecule has 0 unspecified atom stereocenters. The Labute approximate surface area is 190 Å². The molecular formula is C25H21ClN4O2. The van der Waals surface area contributed by atoms with Gasteiger partial charge in [0.25, 0.3) is 5.91 Å². The van der Waals surface area contributed by atoms with Crippen molar-refractivity contribution >= 4 is 29.1 Å². The summed E-state index contributed by atoms with van der Waals surface area (Å²) in [6.45, 7) is 1.64. The zero-order valence-electron chi connectivity index (χ0n) is 17.4. The quantitative estimate of drug-likeness (QED) is 0.445. The summed E-state index contributed by atoms with van der Waals surface area (Å²) in [5.74, 6) is -0.732. The molecule has 160 valence electrons. The third-order valence-electron chi connectivity index (χ3n) is 4.98. The molecule has 2 N–H and O–H groups in total. The number of hydrogen-bond acceptors (Lipinski definition) is 3. The monoisotopic (exact) mass is 444 g/mol. The average molecular weight is 445 g/mol. The summed E-state index contributed by atoms with van der Waals surface area (Å²) in [5.41, 5.74) is 3.94. The van der Waals surface area contributed by atoms with Gasteiger partial charge in [-0.05, 0) is 36.8 Å². The number of anilines is 1. The second-order valence-corrected chi connectivity index (χ2v) is 7.59. The Morgan fingerprint density at radius 1 is 0.938 bits per heavy atom. The molecule has 0 aliphatic carbocycles. The predicted molar refractivity (Wildman–Crippen MR) is 126 cm³/mol. The van der Waals surface area contributed by atoms with Crippen LogP contribution in [0.1, 0.15) is 15.9 Å². The Balaban J connectivity index is 1.54. The van der Waals surface area contributed by atoms with Gasteiger partial charge in [-0.3, -0.25) is 9.59 Å². The average Bonchev–Trinajstić information content (AvgIpc) is 3.27. The van der Waals surface area contributed by atoms with Crippen molar-refractivity contribution < 1.29 is 9.59 Å². The Morgan fingerprint density at radius 2 is 1.62 bits per heavy atom. The topological polar surface area (TPSA) is 76.0 Å². The van der Waals surface area contributed by atoms with Gasteiger partial charge in [0.2, 0.25) is 5.91 Å². The highest BCUT2D eigenvalue weighted by Crippen LogP contribution is 2.24. The van der Waals surface area contributed by atoms with Crippen molar-refractivity contribution in [2.24, 2.45) is 0 Å². The minimum atomic E-state index is -0.385. The molecule has 0 saturated carbocycles. The molecule has 0 atom stereocenters. The molecule has 0 spiro atoms. The number of nitrogens with zero attached hydrogens (tertiary/aromatic N) is 2. The van der Waals surface area contributed by atoms with Crippen LogP contribution in [0.2, 0.25) is 5.02 Å². The molecule has 2 amide bonds. The molecule has 0 radical (unpaired) electrons. The van der Waals surface area contributed by atoms with Crippen molar-refractivity contribution in [2.75, 3.05) is 11.9 Å². The maximum atomic E-state index is 13.0. The Hall–Kier alpha value is -3.90. The lowest BCUT2D eigenvalue weighted by atomic mass is 10.1. The van der Waals surface area contributed by atoms with Crippen LogP contribution in [0.3, 0.4) is 0 Å². The van der Waals surface area contributed by atoms with Crippen molar-refractivity contribution in [3.05, 3.63) is 101 Å². The number of carbonyl (C=O) groups excluding carboxylic acids is 2. The summed E-state index contributed by atoms with van der Waals surface area (Å²) in [6, 6.07) is 24.3. The van der Waals surface area contributed by atoms with E-state index in [2.05, 4.69) is 15.7 Å². The van der Waals surface area contributed by atoms with E-state index in [-0.39, 0.29) is 18.4 Å². The summed E-state index contributed by atoms with van der Waals surface area (Å²) >= 11 is 6.10. The Bertz CT molecular complexity index is 1250. The fourth-order valence-electron chi connectivity index (χ4n) is 3.26. The van der Waals surface area contributed by atoms with E-state index in [1.165, 1.54) is 0 Å². The van der Waals surface area contributed by atoms with Crippen LogP contribution in [0.4, 0.5) is 5.69 Å². The zero-order valence-corrected chi connectivity index (χ0v) is 18.1. The van der Waals surface area contributed by atoms with E-state index in [0.717, 1.165) is 16.8 Å². The lowest BCUT2D eigenvalue weighted by Crippen LogP contribution is -2.33. The molecule has 0 fully saturated rings. The lowest BCUT2D eigenvalue weighted by molar-refractivity contribution is -0.115. The van der Waals surface area contributed by atoms with Crippen molar-refractivity contribution in [1.29, 1.82) is 0 Å². The smallest absolute Gasteiger partial charge is 0.255 e. The van der Waals surface area contributed by atoms with E-state index in [9.17, 15) is 9.59 Å². The van der Waals surface area contributed by atoms with Gasteiger partial charge in [0, 0.05) is 22.5 Å². The number of amides is 2. The Kier molecular flexibility index (Phi) is 6.33. The van der Waals surface area contributed by atoms with Crippen LogP contribution in [0.25, 0.3) is 16.9 Å². The molecule has 1 aromatic heterocycles. The van der Waals surface area contributed by atoms with Crippen LogP contribution < -0.4 is 10.6 Å². The second kappa shape index (κ2) is 9.49. The van der Waals surface area contributed by atoms with E-state index in [1.807, 2.05) is 67.6 Å². The molecule has 4 rings (SSSR count). The first-order valence-electron chi connectivity index (χ1n) is 10.1. The van der Waals surface area contributed by atoms with Crippen LogP contribution in [0.5, 0.6) is 0 Å². The van der Waals surface area contributed by atoms with Crippen molar-refractivity contribution in [3.63, 3.8) is 0 Å². The maximum absolute atomic E-state index is 13.0. The fourth-order valence-corrected chi connectivity index (χ4v) is 3.43. The van der Waals surface area contributed by atoms with Gasteiger partial charge in [-0.1, -0.05) is 66.2 Å². The van der Waals surface area contributed by atoms with Gasteiger partial charge in [0.1, 0.15) is 5.69 Å². The first-order valence-corrected chi connectivity index (χ1v) is 10.4. The standard InChI is InChI=1S/C25H21ClN4O2/c1-17-21(26)13-8-14-22(17)28-23(31)15-27-25(32)20-16-30(19-11-6-3-7-12-19)29-24(20)18-9-4-2-5-10-18/h2-14,16H,15H2,1H3,(H,27,32)(H,28,31). The van der Waals surface area contributed by atoms with Gasteiger partial charge < -0.3 is 10.6 Å². The molecule has 0 aliphatic heterocycles. The van der Waals surface area contributed by atoms with Gasteiger partial charge in [-0.25, -0.2) is 4.68 Å². The highest BCUT2D eigenvalue weighted by atomic mass is 35.5. The number of para-hydroxylation sites is 1. The van der Waals surface area contributed by atoms with Crippen LogP contribution in [0, 0.1) is 6.92 Å². The van der Waals surface area contributed by atoms with E-state index >= 15 is 0 Å². The fraction of sp³-hybridized carbons (Fsp3) is 0.0800. The normalized spacial score (nSPS) is 10.6. The number of rotatable bonds is 6. The largest absolute Gasteiger partial charge is 0.343 e. The van der Waals surface area contributed by atoms with Gasteiger partial charge in [0.05, 0.1) is 17.8 Å². The van der Waals surface area contributed by atoms with Gasteiger partial charge in [-0.15, -0.1) is 0 Å². The molecular weight excluding hydrogens is 424 g/mol. The van der Waals surface area contributed by atoms with Crippen LogP contribution in [-0.4, -0.2) is 28.1 Å². The SMILES string of the molecule is Cc1c(Cl)cccc1NC(=O)CNC(=O)c1cn(-c2ccccc2)nc1-c1ccccc1. The zero-order chi connectivity index (χ0) is 22.5. The molecule has 1 heterocycles. The molecule has 7 heteroatoms. The minimum Gasteiger partial charge on any atom is -0.343 e. The van der Waals surface area contributed by atoms with E-state index in [0.29, 0.717) is 22.0 Å². The molecule has 3 aromatic carbocycles. The first-order chi connectivity index (χ1) is 15.5. The summed E-state index contributed by atoms with van der Waals surface area (Å²) in [7, 11) is 0. The van der Waals surface area contributed by atoms with Crippen molar-refractivity contribution in [3.8, 4) is 16.9 Å². The molecule has 0 aliphatic rings. The summed E-state index contributed by atoms with van der Waals surface area (Å²) < 4.78 is 1.66. The summed E-state index contributed by atoms with van der Waals surface area (Å²) in [4.78, 5) is 25.4. The number of aromatic nitrogens is 2. The number of benzene rings is 3. The van der Waals surface area contributed by atoms with E-state index < -0.39 is 0 Å². The highest BCUT2D eigenvalue weighted by molar-refractivity contribution is 6.31. The minimum absolute atomic E-state index is 0.185. The maximum Gasteiger partial charge on any atom is 0.255 e. The van der Waals surface area contributed by atoms with Crippen molar-refractivity contribution in [2.45, 2.75) is 6.92 Å². The van der Waals surface area contributed by atoms with Gasteiger partial charge in [0.15, 0.2) is 0 Å². The van der Waals surface area contributed by atoms with E-state index in [4.69, 9.17) is 11.6 Å². The second-order valence-electron chi connectivity index (χ2n) is 7.18. The third kappa shape index (κ3) is 4.71. The molecule has 32 heavy (non-hydrogen) atoms. The number of carbonyl (C=O) groups is 2. The Morgan fingerprint density at radius 3 is 2.34 bits per heavy atom. The van der Waals surface area contributed by atoms with Gasteiger partial charge in [-0.2, -0.15) is 5.10 Å². The van der Waals surface area contributed by atoms with Crippen LogP contribution in [-0.2, 0) is 4.79 Å². The molecule has 4 aromatic rings. The highest BCUT2D eigenvalue weighted by Gasteiger charge is 2.19. The lowest BCUT2D eigenvalue weighted by Gasteiger charge is -2.10. The number of halogens is 1. The summed E-state index contributed by atoms with van der Waals surface area (Å²) in [6.07, 6.45) is 1.67. The molecule has 0 saturated heterocycles. The summed E-state index contributed by atoms with van der Waals surface area (Å²) in [5, 5.41) is 10.7.